The van der Waals surface area contributed by atoms with E-state index in [4.69, 9.17) is 10.3 Å². The van der Waals surface area contributed by atoms with Crippen molar-refractivity contribution in [1.29, 1.82) is 0 Å². The molecule has 0 spiro atoms. The van der Waals surface area contributed by atoms with Crippen LogP contribution in [0.25, 0.3) is 0 Å². The maximum atomic E-state index is 5.92. The molecule has 2 N–H and O–H groups in total. The third-order valence-electron chi connectivity index (χ3n) is 3.71. The lowest BCUT2D eigenvalue weighted by atomic mass is 10.1. The summed E-state index contributed by atoms with van der Waals surface area (Å²) < 4.78 is 5.31. The van der Waals surface area contributed by atoms with Crippen molar-refractivity contribution >= 4 is 0 Å². The van der Waals surface area contributed by atoms with E-state index in [1.54, 1.807) is 0 Å². The summed E-state index contributed by atoms with van der Waals surface area (Å²) >= 11 is 0. The zero-order valence-corrected chi connectivity index (χ0v) is 9.23. The fraction of sp³-hybridized carbons (Fsp3) is 0.818. The van der Waals surface area contributed by atoms with Crippen LogP contribution in [-0.4, -0.2) is 10.1 Å². The molecule has 1 aromatic heterocycles. The van der Waals surface area contributed by atoms with Crippen LogP contribution in [0.5, 0.6) is 0 Å². The Bertz CT molecular complexity index is 369. The second-order valence-corrected chi connectivity index (χ2v) is 5.46. The van der Waals surface area contributed by atoms with Gasteiger partial charge in [0.05, 0.1) is 5.54 Å². The summed E-state index contributed by atoms with van der Waals surface area (Å²) in [5.41, 5.74) is 5.43. The van der Waals surface area contributed by atoms with E-state index in [-0.39, 0.29) is 0 Å². The van der Waals surface area contributed by atoms with E-state index >= 15 is 0 Å². The molecule has 0 saturated heterocycles. The Kier molecular flexibility index (Phi) is 1.75. The first-order valence-electron chi connectivity index (χ1n) is 5.70. The van der Waals surface area contributed by atoms with E-state index in [2.05, 4.69) is 10.1 Å². The second kappa shape index (κ2) is 2.82. The van der Waals surface area contributed by atoms with Crippen molar-refractivity contribution in [3.63, 3.8) is 0 Å². The van der Waals surface area contributed by atoms with Crippen molar-refractivity contribution in [3.05, 3.63) is 11.7 Å². The van der Waals surface area contributed by atoms with Crippen LogP contribution in [0.2, 0.25) is 0 Å². The first kappa shape index (κ1) is 9.33. The lowest BCUT2D eigenvalue weighted by Crippen LogP contribution is -2.30. The van der Waals surface area contributed by atoms with Crippen molar-refractivity contribution in [2.45, 2.75) is 44.6 Å². The summed E-state index contributed by atoms with van der Waals surface area (Å²) in [6.07, 6.45) is 4.04. The molecule has 1 heterocycles. The highest BCUT2D eigenvalue weighted by atomic mass is 16.5. The Morgan fingerprint density at radius 1 is 1.33 bits per heavy atom. The van der Waals surface area contributed by atoms with Crippen molar-refractivity contribution < 1.29 is 4.52 Å². The zero-order chi connectivity index (χ0) is 10.6. The van der Waals surface area contributed by atoms with Crippen LogP contribution in [0.1, 0.15) is 50.7 Å². The van der Waals surface area contributed by atoms with E-state index in [0.717, 1.165) is 17.7 Å². The van der Waals surface area contributed by atoms with Gasteiger partial charge in [-0.05, 0) is 38.5 Å². The topological polar surface area (TPSA) is 64.9 Å². The van der Waals surface area contributed by atoms with Gasteiger partial charge in [0.1, 0.15) is 0 Å². The van der Waals surface area contributed by atoms with E-state index < -0.39 is 5.54 Å². The number of hydrogen-bond donors (Lipinski definition) is 1. The molecule has 4 heteroatoms. The Hall–Kier alpha value is -0.900. The number of rotatable bonds is 2. The van der Waals surface area contributed by atoms with Gasteiger partial charge in [-0.25, -0.2) is 0 Å². The number of fused-ring (bicyclic) bond motifs is 1. The summed E-state index contributed by atoms with van der Waals surface area (Å²) in [7, 11) is 0. The van der Waals surface area contributed by atoms with Crippen LogP contribution in [0.15, 0.2) is 4.52 Å². The Labute approximate surface area is 89.2 Å². The monoisotopic (exact) mass is 207 g/mol. The van der Waals surface area contributed by atoms with Gasteiger partial charge in [-0.15, -0.1) is 0 Å². The predicted molar refractivity (Wildman–Crippen MR) is 55.1 cm³/mol. The number of hydrogen-bond acceptors (Lipinski definition) is 4. The lowest BCUT2D eigenvalue weighted by molar-refractivity contribution is 0.352. The van der Waals surface area contributed by atoms with Crippen LogP contribution >= 0.6 is 0 Å². The third kappa shape index (κ3) is 1.39. The molecule has 2 aliphatic carbocycles. The standard InChI is InChI=1S/C11H17N3O/c1-11(2,12)10-13-9(15-14-10)8-6-4-3-5-7(6)8/h6-8H,3-5,12H2,1-2H3. The fourth-order valence-corrected chi connectivity index (χ4v) is 2.82. The molecule has 2 fully saturated rings. The molecule has 0 bridgehead atoms. The maximum absolute atomic E-state index is 5.92. The van der Waals surface area contributed by atoms with Gasteiger partial charge in [-0.3, -0.25) is 0 Å². The third-order valence-corrected chi connectivity index (χ3v) is 3.71. The largest absolute Gasteiger partial charge is 0.339 e. The van der Waals surface area contributed by atoms with Crippen LogP contribution in [0.4, 0.5) is 0 Å². The summed E-state index contributed by atoms with van der Waals surface area (Å²) in [5, 5.41) is 3.96. The van der Waals surface area contributed by atoms with Crippen molar-refractivity contribution in [2.75, 3.05) is 0 Å². The summed E-state index contributed by atoms with van der Waals surface area (Å²) in [4.78, 5) is 4.42. The quantitative estimate of drug-likeness (QED) is 0.802. The molecule has 2 saturated carbocycles. The van der Waals surface area contributed by atoms with E-state index in [1.807, 2.05) is 13.8 Å². The first-order valence-corrected chi connectivity index (χ1v) is 5.70. The van der Waals surface area contributed by atoms with Crippen LogP contribution < -0.4 is 5.73 Å². The van der Waals surface area contributed by atoms with Gasteiger partial charge >= 0.3 is 0 Å². The van der Waals surface area contributed by atoms with Crippen molar-refractivity contribution in [1.82, 2.24) is 10.1 Å². The Morgan fingerprint density at radius 3 is 2.53 bits per heavy atom. The van der Waals surface area contributed by atoms with Gasteiger partial charge < -0.3 is 10.3 Å². The van der Waals surface area contributed by atoms with Crippen LogP contribution in [0, 0.1) is 11.8 Å². The maximum Gasteiger partial charge on any atom is 0.230 e. The average Bonchev–Trinajstić information content (AvgIpc) is 2.60. The Morgan fingerprint density at radius 2 is 2.00 bits per heavy atom. The van der Waals surface area contributed by atoms with E-state index in [0.29, 0.717) is 11.7 Å². The van der Waals surface area contributed by atoms with Crippen LogP contribution in [0.3, 0.4) is 0 Å². The second-order valence-electron chi connectivity index (χ2n) is 5.46. The molecule has 2 atom stereocenters. The van der Waals surface area contributed by atoms with Gasteiger partial charge in [0.15, 0.2) is 5.82 Å². The average molecular weight is 207 g/mol. The van der Waals surface area contributed by atoms with E-state index in [1.165, 1.54) is 19.3 Å². The van der Waals surface area contributed by atoms with Gasteiger partial charge in [-0.2, -0.15) is 4.98 Å². The molecular weight excluding hydrogens is 190 g/mol. The highest BCUT2D eigenvalue weighted by molar-refractivity contribution is 5.16. The number of aromatic nitrogens is 2. The summed E-state index contributed by atoms with van der Waals surface area (Å²) in [5.74, 6) is 3.63. The SMILES string of the molecule is CC(C)(N)c1noc(C2C3CCCC32)n1. The molecule has 82 valence electrons. The minimum absolute atomic E-state index is 0.494. The fourth-order valence-electron chi connectivity index (χ4n) is 2.82. The minimum atomic E-state index is -0.494. The molecule has 0 amide bonds. The van der Waals surface area contributed by atoms with Gasteiger partial charge in [-0.1, -0.05) is 11.6 Å². The lowest BCUT2D eigenvalue weighted by Gasteiger charge is -2.11. The summed E-state index contributed by atoms with van der Waals surface area (Å²) in [6.45, 7) is 3.80. The highest BCUT2D eigenvalue weighted by Gasteiger charge is 2.56. The van der Waals surface area contributed by atoms with Gasteiger partial charge in [0.2, 0.25) is 5.89 Å². The number of nitrogens with two attached hydrogens (primary N) is 1. The molecular formula is C11H17N3O. The summed E-state index contributed by atoms with van der Waals surface area (Å²) in [6, 6.07) is 0. The van der Waals surface area contributed by atoms with Gasteiger partial charge in [0.25, 0.3) is 0 Å². The smallest absolute Gasteiger partial charge is 0.230 e. The van der Waals surface area contributed by atoms with E-state index in [9.17, 15) is 0 Å². The minimum Gasteiger partial charge on any atom is -0.339 e. The molecule has 3 rings (SSSR count). The van der Waals surface area contributed by atoms with Gasteiger partial charge in [0, 0.05) is 5.92 Å². The molecule has 0 aliphatic heterocycles. The molecule has 0 aromatic carbocycles. The molecule has 0 radical (unpaired) electrons. The molecule has 1 aromatic rings. The zero-order valence-electron chi connectivity index (χ0n) is 9.23. The molecule has 4 nitrogen and oxygen atoms in total. The molecule has 15 heavy (non-hydrogen) atoms. The Balaban J connectivity index is 1.81. The predicted octanol–water partition coefficient (Wildman–Crippen LogP) is 1.78. The molecule has 2 unspecified atom stereocenters. The molecule has 2 aliphatic rings. The highest BCUT2D eigenvalue weighted by Crippen LogP contribution is 2.62. The normalized spacial score (nSPS) is 34.2. The van der Waals surface area contributed by atoms with Crippen molar-refractivity contribution in [3.8, 4) is 0 Å². The van der Waals surface area contributed by atoms with Crippen molar-refractivity contribution in [2.24, 2.45) is 17.6 Å². The first-order chi connectivity index (χ1) is 7.07. The van der Waals surface area contributed by atoms with Crippen LogP contribution in [-0.2, 0) is 5.54 Å². The number of nitrogens with zero attached hydrogens (tertiary/aromatic N) is 2.